The van der Waals surface area contributed by atoms with Crippen LogP contribution in [0.1, 0.15) is 0 Å². The van der Waals surface area contributed by atoms with Crippen LogP contribution in [-0.4, -0.2) is 0 Å². The second-order valence-corrected chi connectivity index (χ2v) is 20.2. The van der Waals surface area contributed by atoms with Gasteiger partial charge in [-0.25, -0.2) is 0 Å². The molecule has 2 aromatic heterocycles. The van der Waals surface area contributed by atoms with Crippen LogP contribution in [0.4, 0.5) is 0 Å². The van der Waals surface area contributed by atoms with Gasteiger partial charge in [0.1, 0.15) is 11.2 Å². The first-order valence-corrected chi connectivity index (χ1v) is 26.1. The number of hydrogen-bond donors (Lipinski definition) is 0. The molecule has 0 bridgehead atoms. The number of thiophene rings is 1. The topological polar surface area (TPSA) is 13.1 Å². The van der Waals surface area contributed by atoms with Crippen molar-refractivity contribution in [1.82, 2.24) is 0 Å². The third-order valence-corrected chi connectivity index (χ3v) is 15.9. The molecular formula is C72H46OS. The Labute approximate surface area is 434 Å². The molecule has 14 rings (SSSR count). The van der Waals surface area contributed by atoms with E-state index in [-0.39, 0.29) is 0 Å². The molecule has 1 nitrogen and oxygen atoms in total. The first-order valence-electron chi connectivity index (χ1n) is 25.3. The normalized spacial score (nSPS) is 11.5. The molecule has 0 fully saturated rings. The van der Waals surface area contributed by atoms with Crippen LogP contribution in [0, 0.1) is 0 Å². The van der Waals surface area contributed by atoms with Gasteiger partial charge in [-0.3, -0.25) is 0 Å². The zero-order chi connectivity index (χ0) is 49.0. The lowest BCUT2D eigenvalue weighted by molar-refractivity contribution is 0.671. The van der Waals surface area contributed by atoms with E-state index in [9.17, 15) is 0 Å². The molecule has 0 aliphatic rings. The fourth-order valence-corrected chi connectivity index (χ4v) is 12.2. The highest BCUT2D eigenvalue weighted by Crippen LogP contribution is 2.44. The highest BCUT2D eigenvalue weighted by molar-refractivity contribution is 7.26. The highest BCUT2D eigenvalue weighted by Gasteiger charge is 2.18. The maximum absolute atomic E-state index is 7.06. The summed E-state index contributed by atoms with van der Waals surface area (Å²) in [5.41, 5.74) is 22.8. The van der Waals surface area contributed by atoms with E-state index >= 15 is 0 Å². The van der Waals surface area contributed by atoms with E-state index in [1.165, 1.54) is 86.9 Å². The molecule has 0 aliphatic heterocycles. The number of benzene rings is 12. The van der Waals surface area contributed by atoms with Gasteiger partial charge < -0.3 is 4.42 Å². The molecule has 14 aromatic rings. The zero-order valence-electron chi connectivity index (χ0n) is 40.4. The molecule has 0 unspecified atom stereocenters. The number of fused-ring (bicyclic) bond motifs is 6. The second-order valence-electron chi connectivity index (χ2n) is 19.2. The van der Waals surface area contributed by atoms with Crippen molar-refractivity contribution in [2.75, 3.05) is 0 Å². The fourth-order valence-electron chi connectivity index (χ4n) is 11.0. The van der Waals surface area contributed by atoms with Gasteiger partial charge >= 0.3 is 0 Å². The van der Waals surface area contributed by atoms with Crippen molar-refractivity contribution >= 4 is 53.4 Å². The first kappa shape index (κ1) is 43.4. The lowest BCUT2D eigenvalue weighted by Crippen LogP contribution is -1.86. The van der Waals surface area contributed by atoms with Crippen LogP contribution in [0.25, 0.3) is 142 Å². The quantitative estimate of drug-likeness (QED) is 0.141. The molecule has 74 heavy (non-hydrogen) atoms. The lowest BCUT2D eigenvalue weighted by atomic mass is 9.92. The Kier molecular flexibility index (Phi) is 10.8. The summed E-state index contributed by atoms with van der Waals surface area (Å²) in [5, 5.41) is 4.86. The van der Waals surface area contributed by atoms with Gasteiger partial charge in [-0.2, -0.15) is 0 Å². The summed E-state index contributed by atoms with van der Waals surface area (Å²) in [6.45, 7) is 0. The third kappa shape index (κ3) is 7.90. The molecule has 0 spiro atoms. The van der Waals surface area contributed by atoms with E-state index in [1.807, 2.05) is 11.3 Å². The van der Waals surface area contributed by atoms with E-state index in [0.717, 1.165) is 55.3 Å². The molecule has 2 heterocycles. The standard InChI is InChI=1S/C72H46OS/c1-3-17-47(18-4-1)59-44-60(48-19-5-2-6-20-48)46-61(45-59)63-33-15-36-67-66-35-14-32-62(70(66)73-71(63)67)57-29-12-27-55(42-57)53-25-10-23-51(40-53)49-21-9-22-50(39-49)52-24-11-26-54(41-52)56-28-13-30-58(43-56)64-34-16-37-68-65-31-7-8-38-69(65)74-72(64)68/h1-46H. The van der Waals surface area contributed by atoms with Gasteiger partial charge in [0, 0.05) is 42.1 Å². The number of para-hydroxylation sites is 2. The molecule has 346 valence electrons. The predicted molar refractivity (Wildman–Crippen MR) is 316 cm³/mol. The van der Waals surface area contributed by atoms with Gasteiger partial charge in [-0.15, -0.1) is 11.3 Å². The number of rotatable bonds is 9. The van der Waals surface area contributed by atoms with Crippen LogP contribution < -0.4 is 0 Å². The van der Waals surface area contributed by atoms with Crippen LogP contribution in [-0.2, 0) is 0 Å². The van der Waals surface area contributed by atoms with Gasteiger partial charge in [-0.1, -0.05) is 224 Å². The van der Waals surface area contributed by atoms with Crippen molar-refractivity contribution in [3.8, 4) is 100 Å². The summed E-state index contributed by atoms with van der Waals surface area (Å²) in [6.07, 6.45) is 0. The molecular weight excluding hydrogens is 913 g/mol. The van der Waals surface area contributed by atoms with Crippen LogP contribution in [0.5, 0.6) is 0 Å². The van der Waals surface area contributed by atoms with Gasteiger partial charge in [0.05, 0.1) is 0 Å². The maximum atomic E-state index is 7.06. The number of furan rings is 1. The lowest BCUT2D eigenvalue weighted by Gasteiger charge is -2.12. The largest absolute Gasteiger partial charge is 0.455 e. The van der Waals surface area contributed by atoms with Crippen molar-refractivity contribution in [3.05, 3.63) is 279 Å². The monoisotopic (exact) mass is 958 g/mol. The molecule has 0 amide bonds. The Morgan fingerprint density at radius 1 is 0.203 bits per heavy atom. The van der Waals surface area contributed by atoms with Gasteiger partial charge in [0.2, 0.25) is 0 Å². The average Bonchev–Trinajstić information content (AvgIpc) is 4.08. The average molecular weight is 959 g/mol. The minimum Gasteiger partial charge on any atom is -0.455 e. The van der Waals surface area contributed by atoms with Crippen molar-refractivity contribution in [1.29, 1.82) is 0 Å². The Morgan fingerprint density at radius 3 is 1.00 bits per heavy atom. The van der Waals surface area contributed by atoms with E-state index in [2.05, 4.69) is 279 Å². The Bertz CT molecular complexity index is 4360. The van der Waals surface area contributed by atoms with Crippen molar-refractivity contribution in [2.24, 2.45) is 0 Å². The van der Waals surface area contributed by atoms with Crippen molar-refractivity contribution in [2.45, 2.75) is 0 Å². The molecule has 2 heteroatoms. The SMILES string of the molecule is c1ccc(-c2cc(-c3ccccc3)cc(-c3cccc4c3oc3c(-c5cccc(-c6cccc(-c7cccc(-c8cccc(-c9cccc(-c%10cccc%11c%10sc%10ccccc%10%11)c9)c8)c7)c6)c5)cccc34)c2)cc1. The maximum Gasteiger partial charge on any atom is 0.143 e. The van der Waals surface area contributed by atoms with Gasteiger partial charge in [-0.05, 0) is 144 Å². The van der Waals surface area contributed by atoms with E-state index < -0.39 is 0 Å². The Balaban J connectivity index is 0.776. The summed E-state index contributed by atoms with van der Waals surface area (Å²) in [4.78, 5) is 0. The summed E-state index contributed by atoms with van der Waals surface area (Å²) in [6, 6.07) is 101. The van der Waals surface area contributed by atoms with Gasteiger partial charge in [0.25, 0.3) is 0 Å². The van der Waals surface area contributed by atoms with Crippen LogP contribution >= 0.6 is 11.3 Å². The molecule has 0 radical (unpaired) electrons. The summed E-state index contributed by atoms with van der Waals surface area (Å²) in [5.74, 6) is 0. The van der Waals surface area contributed by atoms with Gasteiger partial charge in [0.15, 0.2) is 0 Å². The second kappa shape index (κ2) is 18.4. The number of hydrogen-bond acceptors (Lipinski definition) is 2. The third-order valence-electron chi connectivity index (χ3n) is 14.7. The van der Waals surface area contributed by atoms with Crippen molar-refractivity contribution < 1.29 is 4.42 Å². The molecule has 12 aromatic carbocycles. The summed E-state index contributed by atoms with van der Waals surface area (Å²) >= 11 is 1.88. The first-order chi connectivity index (χ1) is 36.6. The van der Waals surface area contributed by atoms with E-state index in [1.54, 1.807) is 0 Å². The Morgan fingerprint density at radius 2 is 0.514 bits per heavy atom. The molecule has 0 saturated heterocycles. The molecule has 0 atom stereocenters. The molecule has 0 saturated carbocycles. The highest BCUT2D eigenvalue weighted by atomic mass is 32.1. The van der Waals surface area contributed by atoms with Crippen LogP contribution in [0.3, 0.4) is 0 Å². The minimum atomic E-state index is 0.890. The van der Waals surface area contributed by atoms with Crippen LogP contribution in [0.2, 0.25) is 0 Å². The predicted octanol–water partition coefficient (Wildman–Crippen LogP) is 21.0. The smallest absolute Gasteiger partial charge is 0.143 e. The minimum absolute atomic E-state index is 0.890. The Hall–Kier alpha value is -9.34. The van der Waals surface area contributed by atoms with E-state index in [0.29, 0.717) is 0 Å². The zero-order valence-corrected chi connectivity index (χ0v) is 41.2. The summed E-state index contributed by atoms with van der Waals surface area (Å²) < 4.78 is 9.72. The summed E-state index contributed by atoms with van der Waals surface area (Å²) in [7, 11) is 0. The molecule has 0 N–H and O–H groups in total. The van der Waals surface area contributed by atoms with Crippen molar-refractivity contribution in [3.63, 3.8) is 0 Å². The molecule has 0 aliphatic carbocycles. The fraction of sp³-hybridized carbons (Fsp3) is 0. The van der Waals surface area contributed by atoms with E-state index in [4.69, 9.17) is 4.42 Å². The van der Waals surface area contributed by atoms with Crippen LogP contribution in [0.15, 0.2) is 283 Å².